The van der Waals surface area contributed by atoms with Crippen molar-refractivity contribution in [3.05, 3.63) is 18.6 Å². The standard InChI is InChI=1S/C7H11N3OP/c1-2-3-10-12(11)7-6-8-4-5-9-7/h4-6H,2-3H2,1H3,(H,10,11)/q+1. The van der Waals surface area contributed by atoms with Gasteiger partial charge < -0.3 is 0 Å². The SMILES string of the molecule is CCCN[P+](=O)c1cnccn1. The van der Waals surface area contributed by atoms with Gasteiger partial charge in [0.15, 0.2) is 0 Å². The lowest BCUT2D eigenvalue weighted by atomic mass is 10.5. The summed E-state index contributed by atoms with van der Waals surface area (Å²) >= 11 is 0. The number of aromatic nitrogens is 2. The van der Waals surface area contributed by atoms with Gasteiger partial charge in [0, 0.05) is 12.7 Å². The molecule has 1 heterocycles. The third kappa shape index (κ3) is 2.64. The molecule has 1 unspecified atom stereocenters. The molecular formula is C7H11N3OP+. The van der Waals surface area contributed by atoms with Crippen LogP contribution in [0.3, 0.4) is 0 Å². The summed E-state index contributed by atoms with van der Waals surface area (Å²) in [5, 5.41) is 2.86. The molecule has 0 aromatic carbocycles. The largest absolute Gasteiger partial charge is 0.493 e. The van der Waals surface area contributed by atoms with Gasteiger partial charge in [0.05, 0.1) is 6.20 Å². The van der Waals surface area contributed by atoms with E-state index >= 15 is 0 Å². The summed E-state index contributed by atoms with van der Waals surface area (Å²) in [4.78, 5) is 7.75. The van der Waals surface area contributed by atoms with Crippen LogP contribution in [0, 0.1) is 0 Å². The molecule has 0 fully saturated rings. The number of hydrogen-bond acceptors (Lipinski definition) is 3. The molecule has 0 spiro atoms. The Labute approximate surface area is 72.3 Å². The summed E-state index contributed by atoms with van der Waals surface area (Å²) < 4.78 is 11.3. The van der Waals surface area contributed by atoms with Crippen molar-refractivity contribution in [2.24, 2.45) is 0 Å². The highest BCUT2D eigenvalue weighted by molar-refractivity contribution is 7.51. The monoisotopic (exact) mass is 184 g/mol. The van der Waals surface area contributed by atoms with Crippen LogP contribution < -0.4 is 10.5 Å². The molecule has 1 N–H and O–H groups in total. The van der Waals surface area contributed by atoms with Crippen LogP contribution in [0.1, 0.15) is 13.3 Å². The van der Waals surface area contributed by atoms with Crippen molar-refractivity contribution in [1.82, 2.24) is 15.1 Å². The molecule has 0 saturated carbocycles. The number of nitrogens with one attached hydrogen (secondary N) is 1. The summed E-state index contributed by atoms with van der Waals surface area (Å²) in [6, 6.07) is 0. The molecule has 1 rings (SSSR count). The van der Waals surface area contributed by atoms with Gasteiger partial charge in [0.1, 0.15) is 6.20 Å². The van der Waals surface area contributed by atoms with E-state index in [0.29, 0.717) is 5.44 Å². The summed E-state index contributed by atoms with van der Waals surface area (Å²) in [6.07, 6.45) is 5.57. The Morgan fingerprint density at radius 2 is 2.42 bits per heavy atom. The molecule has 12 heavy (non-hydrogen) atoms. The fraction of sp³-hybridized carbons (Fsp3) is 0.429. The van der Waals surface area contributed by atoms with Crippen molar-refractivity contribution >= 4 is 13.4 Å². The lowest BCUT2D eigenvalue weighted by Gasteiger charge is -1.87. The highest BCUT2D eigenvalue weighted by atomic mass is 31.1. The maximum absolute atomic E-state index is 11.3. The average Bonchev–Trinajstić information content (AvgIpc) is 2.15. The van der Waals surface area contributed by atoms with E-state index in [1.165, 1.54) is 12.4 Å². The van der Waals surface area contributed by atoms with E-state index < -0.39 is 7.95 Å². The normalized spacial score (nSPS) is 11.2. The Balaban J connectivity index is 2.54. The molecule has 0 amide bonds. The topological polar surface area (TPSA) is 54.9 Å². The molecule has 1 aromatic heterocycles. The van der Waals surface area contributed by atoms with Gasteiger partial charge in [-0.3, -0.25) is 4.98 Å². The summed E-state index contributed by atoms with van der Waals surface area (Å²) in [5.74, 6) is 0. The van der Waals surface area contributed by atoms with Crippen molar-refractivity contribution in [3.63, 3.8) is 0 Å². The third-order valence-electron chi connectivity index (χ3n) is 1.26. The van der Waals surface area contributed by atoms with Crippen molar-refractivity contribution in [3.8, 4) is 0 Å². The Hall–Kier alpha value is -0.860. The van der Waals surface area contributed by atoms with Crippen molar-refractivity contribution in [2.75, 3.05) is 6.54 Å². The zero-order valence-electron chi connectivity index (χ0n) is 6.90. The maximum atomic E-state index is 11.3. The molecule has 5 heteroatoms. The van der Waals surface area contributed by atoms with Crippen LogP contribution in [-0.2, 0) is 4.57 Å². The molecule has 0 aliphatic carbocycles. The van der Waals surface area contributed by atoms with Crippen molar-refractivity contribution in [2.45, 2.75) is 13.3 Å². The van der Waals surface area contributed by atoms with E-state index in [-0.39, 0.29) is 0 Å². The number of rotatable bonds is 4. The highest BCUT2D eigenvalue weighted by Crippen LogP contribution is 2.09. The van der Waals surface area contributed by atoms with E-state index in [4.69, 9.17) is 0 Å². The molecule has 64 valence electrons. The predicted octanol–water partition coefficient (Wildman–Crippen LogP) is 0.844. The minimum atomic E-state index is -1.56. The maximum Gasteiger partial charge on any atom is 0.493 e. The van der Waals surface area contributed by atoms with Gasteiger partial charge in [-0.2, -0.15) is 0 Å². The van der Waals surface area contributed by atoms with Gasteiger partial charge in [0.25, 0.3) is 0 Å². The van der Waals surface area contributed by atoms with Crippen LogP contribution >= 0.6 is 7.95 Å². The quantitative estimate of drug-likeness (QED) is 0.704. The molecule has 0 aliphatic heterocycles. The minimum Gasteiger partial charge on any atom is -0.257 e. The Bertz CT molecular complexity index is 252. The summed E-state index contributed by atoms with van der Waals surface area (Å²) in [6.45, 7) is 2.76. The second-order valence-corrected chi connectivity index (χ2v) is 3.63. The first-order valence-corrected chi connectivity index (χ1v) is 5.07. The van der Waals surface area contributed by atoms with Gasteiger partial charge in [-0.1, -0.05) is 6.92 Å². The third-order valence-corrected chi connectivity index (χ3v) is 2.42. The molecular weight excluding hydrogens is 173 g/mol. The Morgan fingerprint density at radius 1 is 1.58 bits per heavy atom. The fourth-order valence-corrected chi connectivity index (χ4v) is 1.62. The van der Waals surface area contributed by atoms with Crippen LogP contribution in [0.15, 0.2) is 18.6 Å². The molecule has 4 nitrogen and oxygen atoms in total. The predicted molar refractivity (Wildman–Crippen MR) is 47.6 cm³/mol. The van der Waals surface area contributed by atoms with Gasteiger partial charge in [-0.15, -0.1) is 5.09 Å². The van der Waals surface area contributed by atoms with E-state index in [9.17, 15) is 4.57 Å². The van der Waals surface area contributed by atoms with Crippen molar-refractivity contribution < 1.29 is 4.57 Å². The second-order valence-electron chi connectivity index (χ2n) is 2.27. The first-order chi connectivity index (χ1) is 5.84. The smallest absolute Gasteiger partial charge is 0.257 e. The lowest BCUT2D eigenvalue weighted by molar-refractivity contribution is 0.584. The first-order valence-electron chi connectivity index (χ1n) is 3.81. The second kappa shape index (κ2) is 4.91. The summed E-state index contributed by atoms with van der Waals surface area (Å²) in [5.41, 5.74) is 0.515. The van der Waals surface area contributed by atoms with E-state index in [1.54, 1.807) is 6.20 Å². The summed E-state index contributed by atoms with van der Waals surface area (Å²) in [7, 11) is -1.56. The zero-order valence-corrected chi connectivity index (χ0v) is 7.79. The molecule has 1 atom stereocenters. The zero-order chi connectivity index (χ0) is 8.81. The van der Waals surface area contributed by atoms with Crippen LogP contribution in [0.25, 0.3) is 0 Å². The molecule has 1 aromatic rings. The molecule has 0 aliphatic rings. The van der Waals surface area contributed by atoms with Crippen LogP contribution in [0.2, 0.25) is 0 Å². The van der Waals surface area contributed by atoms with E-state index in [0.717, 1.165) is 13.0 Å². The van der Waals surface area contributed by atoms with Gasteiger partial charge in [-0.25, -0.2) is 4.98 Å². The van der Waals surface area contributed by atoms with Gasteiger partial charge in [0.2, 0.25) is 0 Å². The molecule has 0 radical (unpaired) electrons. The van der Waals surface area contributed by atoms with Crippen LogP contribution in [0.4, 0.5) is 0 Å². The van der Waals surface area contributed by atoms with Crippen molar-refractivity contribution in [1.29, 1.82) is 0 Å². The van der Waals surface area contributed by atoms with Gasteiger partial charge >= 0.3 is 13.4 Å². The van der Waals surface area contributed by atoms with Crippen LogP contribution in [-0.4, -0.2) is 16.5 Å². The molecule has 0 bridgehead atoms. The highest BCUT2D eigenvalue weighted by Gasteiger charge is 2.20. The number of hydrogen-bond donors (Lipinski definition) is 1. The molecule has 0 saturated heterocycles. The van der Waals surface area contributed by atoms with Crippen LogP contribution in [0.5, 0.6) is 0 Å². The Morgan fingerprint density at radius 3 is 3.00 bits per heavy atom. The number of nitrogens with zero attached hydrogens (tertiary/aromatic N) is 2. The Kier molecular flexibility index (Phi) is 3.77. The first kappa shape index (κ1) is 9.23. The average molecular weight is 184 g/mol. The minimum absolute atomic E-state index is 0.515. The lowest BCUT2D eigenvalue weighted by Crippen LogP contribution is -2.14. The fourth-order valence-electron chi connectivity index (χ4n) is 0.690. The van der Waals surface area contributed by atoms with E-state index in [2.05, 4.69) is 15.1 Å². The van der Waals surface area contributed by atoms with Gasteiger partial charge in [-0.05, 0) is 11.0 Å². The van der Waals surface area contributed by atoms with E-state index in [1.807, 2.05) is 6.92 Å².